The van der Waals surface area contributed by atoms with Crippen molar-refractivity contribution in [1.29, 1.82) is 0 Å². The highest BCUT2D eigenvalue weighted by atomic mass is 19.1. The van der Waals surface area contributed by atoms with Gasteiger partial charge in [-0.15, -0.1) is 0 Å². The standard InChI is InChI=1S/C14H17FN6O/c15-11-8-16-9-18-14(11)17-7-10-3-1-2-6-21(10)12-4-5-13(22)20-19-12/h4-5,8-10H,1-3,6-7H2,(H,20,22)(H,16,17,18). The van der Waals surface area contributed by atoms with Crippen LogP contribution in [0.2, 0.25) is 0 Å². The van der Waals surface area contributed by atoms with Gasteiger partial charge in [0.05, 0.1) is 6.20 Å². The van der Waals surface area contributed by atoms with Crippen LogP contribution in [-0.2, 0) is 0 Å². The lowest BCUT2D eigenvalue weighted by atomic mass is 10.0. The van der Waals surface area contributed by atoms with Crippen LogP contribution in [0.15, 0.2) is 29.5 Å². The summed E-state index contributed by atoms with van der Waals surface area (Å²) in [7, 11) is 0. The predicted molar refractivity (Wildman–Crippen MR) is 80.3 cm³/mol. The lowest BCUT2D eigenvalue weighted by molar-refractivity contribution is 0.466. The number of aromatic nitrogens is 4. The Bertz CT molecular complexity index is 671. The first-order valence-corrected chi connectivity index (χ1v) is 7.26. The zero-order valence-electron chi connectivity index (χ0n) is 12.0. The highest BCUT2D eigenvalue weighted by Crippen LogP contribution is 2.22. The van der Waals surface area contributed by atoms with E-state index in [1.165, 1.54) is 12.4 Å². The molecule has 2 aromatic heterocycles. The first kappa shape index (κ1) is 14.4. The molecule has 3 heterocycles. The summed E-state index contributed by atoms with van der Waals surface area (Å²) in [5, 5.41) is 9.56. The number of anilines is 2. The number of nitrogens with one attached hydrogen (secondary N) is 2. The van der Waals surface area contributed by atoms with Crippen molar-refractivity contribution in [1.82, 2.24) is 20.2 Å². The number of rotatable bonds is 4. The Hall–Kier alpha value is -2.51. The van der Waals surface area contributed by atoms with Crippen LogP contribution in [0.3, 0.4) is 0 Å². The second kappa shape index (κ2) is 6.50. The lowest BCUT2D eigenvalue weighted by Crippen LogP contribution is -2.44. The van der Waals surface area contributed by atoms with Gasteiger partial charge in [0.25, 0.3) is 5.56 Å². The van der Waals surface area contributed by atoms with Crippen LogP contribution >= 0.6 is 0 Å². The van der Waals surface area contributed by atoms with Gasteiger partial charge in [0.1, 0.15) is 12.1 Å². The van der Waals surface area contributed by atoms with Gasteiger partial charge in [-0.3, -0.25) is 4.79 Å². The molecule has 116 valence electrons. The second-order valence-electron chi connectivity index (χ2n) is 5.22. The molecule has 1 atom stereocenters. The van der Waals surface area contributed by atoms with Crippen molar-refractivity contribution in [3.63, 3.8) is 0 Å². The van der Waals surface area contributed by atoms with Crippen molar-refractivity contribution >= 4 is 11.6 Å². The second-order valence-corrected chi connectivity index (χ2v) is 5.22. The molecule has 1 aliphatic rings. The molecule has 7 nitrogen and oxygen atoms in total. The molecule has 2 aromatic rings. The topological polar surface area (TPSA) is 86.8 Å². The summed E-state index contributed by atoms with van der Waals surface area (Å²) in [6.45, 7) is 1.41. The molecule has 1 unspecified atom stereocenters. The van der Waals surface area contributed by atoms with Gasteiger partial charge >= 0.3 is 0 Å². The highest BCUT2D eigenvalue weighted by Gasteiger charge is 2.24. The van der Waals surface area contributed by atoms with Crippen LogP contribution in [0.4, 0.5) is 16.0 Å². The summed E-state index contributed by atoms with van der Waals surface area (Å²) < 4.78 is 13.6. The highest BCUT2D eigenvalue weighted by molar-refractivity contribution is 5.40. The van der Waals surface area contributed by atoms with E-state index in [-0.39, 0.29) is 17.4 Å². The number of piperidine rings is 1. The van der Waals surface area contributed by atoms with Gasteiger partial charge in [0.15, 0.2) is 11.6 Å². The quantitative estimate of drug-likeness (QED) is 0.882. The van der Waals surface area contributed by atoms with Crippen LogP contribution < -0.4 is 15.8 Å². The number of H-pyrrole nitrogens is 1. The van der Waals surface area contributed by atoms with E-state index in [2.05, 4.69) is 30.4 Å². The number of nitrogens with zero attached hydrogens (tertiary/aromatic N) is 4. The summed E-state index contributed by atoms with van der Waals surface area (Å²) in [5.74, 6) is 0.469. The Morgan fingerprint density at radius 3 is 3.09 bits per heavy atom. The van der Waals surface area contributed by atoms with Crippen LogP contribution in [0, 0.1) is 5.82 Å². The number of hydrogen-bond acceptors (Lipinski definition) is 6. The van der Waals surface area contributed by atoms with Crippen LogP contribution in [-0.4, -0.2) is 39.3 Å². The van der Waals surface area contributed by atoms with Crippen LogP contribution in [0.1, 0.15) is 19.3 Å². The maximum absolute atomic E-state index is 13.6. The number of hydrogen-bond donors (Lipinski definition) is 2. The monoisotopic (exact) mass is 304 g/mol. The van der Waals surface area contributed by atoms with E-state index < -0.39 is 5.82 Å². The minimum atomic E-state index is -0.466. The molecule has 0 aromatic carbocycles. The normalized spacial score (nSPS) is 18.2. The van der Waals surface area contributed by atoms with E-state index in [0.717, 1.165) is 37.8 Å². The third-order valence-electron chi connectivity index (χ3n) is 3.76. The Labute approximate surface area is 126 Å². The summed E-state index contributed by atoms with van der Waals surface area (Å²) in [5.41, 5.74) is -0.224. The number of halogens is 1. The SMILES string of the molecule is O=c1ccc(N2CCCCC2CNc2ncncc2F)n[nH]1. The van der Waals surface area contributed by atoms with E-state index in [9.17, 15) is 9.18 Å². The van der Waals surface area contributed by atoms with Crippen molar-refractivity contribution in [2.75, 3.05) is 23.3 Å². The van der Waals surface area contributed by atoms with E-state index in [1.807, 2.05) is 0 Å². The van der Waals surface area contributed by atoms with E-state index in [4.69, 9.17) is 0 Å². The minimum absolute atomic E-state index is 0.168. The molecule has 22 heavy (non-hydrogen) atoms. The zero-order chi connectivity index (χ0) is 15.4. The Morgan fingerprint density at radius 1 is 1.41 bits per heavy atom. The Morgan fingerprint density at radius 2 is 2.32 bits per heavy atom. The molecule has 0 amide bonds. The first-order chi connectivity index (χ1) is 10.7. The molecule has 3 rings (SSSR count). The van der Waals surface area contributed by atoms with Crippen molar-refractivity contribution in [3.8, 4) is 0 Å². The molecule has 0 aliphatic carbocycles. The molecular weight excluding hydrogens is 287 g/mol. The third-order valence-corrected chi connectivity index (χ3v) is 3.76. The average molecular weight is 304 g/mol. The molecule has 1 aliphatic heterocycles. The first-order valence-electron chi connectivity index (χ1n) is 7.26. The van der Waals surface area contributed by atoms with Gasteiger partial charge in [0, 0.05) is 25.2 Å². The van der Waals surface area contributed by atoms with Crippen molar-refractivity contribution < 1.29 is 4.39 Å². The van der Waals surface area contributed by atoms with Crippen molar-refractivity contribution in [2.45, 2.75) is 25.3 Å². The van der Waals surface area contributed by atoms with E-state index >= 15 is 0 Å². The third kappa shape index (κ3) is 3.21. The van der Waals surface area contributed by atoms with Gasteiger partial charge in [-0.2, -0.15) is 5.10 Å². The average Bonchev–Trinajstić information content (AvgIpc) is 2.55. The Balaban J connectivity index is 1.71. The molecule has 0 spiro atoms. The minimum Gasteiger partial charge on any atom is -0.365 e. The van der Waals surface area contributed by atoms with Gasteiger partial charge in [-0.05, 0) is 25.3 Å². The maximum atomic E-state index is 13.6. The van der Waals surface area contributed by atoms with Crippen LogP contribution in [0.25, 0.3) is 0 Å². The summed E-state index contributed by atoms with van der Waals surface area (Å²) in [4.78, 5) is 20.8. The zero-order valence-corrected chi connectivity index (χ0v) is 12.0. The van der Waals surface area contributed by atoms with Gasteiger partial charge in [0.2, 0.25) is 0 Å². The van der Waals surface area contributed by atoms with E-state index in [1.54, 1.807) is 6.07 Å². The van der Waals surface area contributed by atoms with Gasteiger partial charge < -0.3 is 10.2 Å². The Kier molecular flexibility index (Phi) is 4.27. The molecule has 8 heteroatoms. The maximum Gasteiger partial charge on any atom is 0.264 e. The lowest BCUT2D eigenvalue weighted by Gasteiger charge is -2.36. The number of aromatic amines is 1. The molecule has 0 bridgehead atoms. The predicted octanol–water partition coefficient (Wildman–Crippen LogP) is 1.17. The van der Waals surface area contributed by atoms with Crippen molar-refractivity contribution in [3.05, 3.63) is 40.8 Å². The molecule has 2 N–H and O–H groups in total. The molecule has 1 fully saturated rings. The fourth-order valence-electron chi connectivity index (χ4n) is 2.67. The van der Waals surface area contributed by atoms with Crippen molar-refractivity contribution in [2.24, 2.45) is 0 Å². The summed E-state index contributed by atoms with van der Waals surface area (Å²) in [6, 6.07) is 3.34. The fourth-order valence-corrected chi connectivity index (χ4v) is 2.67. The van der Waals surface area contributed by atoms with Crippen LogP contribution in [0.5, 0.6) is 0 Å². The largest absolute Gasteiger partial charge is 0.365 e. The molecule has 0 saturated carbocycles. The summed E-state index contributed by atoms with van der Waals surface area (Å²) in [6.07, 6.45) is 5.60. The molecule has 0 radical (unpaired) electrons. The molecular formula is C14H17FN6O. The smallest absolute Gasteiger partial charge is 0.264 e. The summed E-state index contributed by atoms with van der Waals surface area (Å²) >= 11 is 0. The molecule has 1 saturated heterocycles. The van der Waals surface area contributed by atoms with Gasteiger partial charge in [-0.1, -0.05) is 0 Å². The van der Waals surface area contributed by atoms with Gasteiger partial charge in [-0.25, -0.2) is 19.5 Å². The van der Waals surface area contributed by atoms with E-state index in [0.29, 0.717) is 6.54 Å². The fraction of sp³-hybridized carbons (Fsp3) is 0.429.